The van der Waals surface area contributed by atoms with Crippen LogP contribution >= 0.6 is 0 Å². The minimum absolute atomic E-state index is 0.744. The van der Waals surface area contributed by atoms with Crippen molar-refractivity contribution in [2.24, 2.45) is 5.92 Å². The molecule has 0 aliphatic heterocycles. The van der Waals surface area contributed by atoms with Crippen LogP contribution in [0, 0.1) is 5.92 Å². The average molecular weight is 482 g/mol. The summed E-state index contributed by atoms with van der Waals surface area (Å²) in [5.41, 5.74) is 2.16. The lowest BCUT2D eigenvalue weighted by molar-refractivity contribution is 0.299. The number of hydrogen-bond acceptors (Lipinski definition) is 3. The third-order valence-corrected chi connectivity index (χ3v) is 7.01. The number of aromatic nitrogens is 1. The van der Waals surface area contributed by atoms with Crippen molar-refractivity contribution in [3.8, 4) is 22.6 Å². The minimum atomic E-state index is 0.744. The average Bonchev–Trinajstić information content (AvgIpc) is 2.89. The smallest absolute Gasteiger partial charge is 0.145 e. The van der Waals surface area contributed by atoms with Gasteiger partial charge in [-0.05, 0) is 30.9 Å². The first kappa shape index (κ1) is 29.2. The first-order valence-electron chi connectivity index (χ1n) is 14.5. The van der Waals surface area contributed by atoms with Gasteiger partial charge in [-0.1, -0.05) is 122 Å². The molecule has 0 saturated carbocycles. The van der Waals surface area contributed by atoms with Gasteiger partial charge in [0.1, 0.15) is 11.5 Å². The summed E-state index contributed by atoms with van der Waals surface area (Å²) in [5.74, 6) is 2.62. The van der Waals surface area contributed by atoms with Crippen LogP contribution < -0.4 is 9.47 Å². The van der Waals surface area contributed by atoms with E-state index in [0.29, 0.717) is 0 Å². The summed E-state index contributed by atoms with van der Waals surface area (Å²) in [5, 5.41) is 0. The van der Waals surface area contributed by atoms with Crippen molar-refractivity contribution >= 4 is 0 Å². The van der Waals surface area contributed by atoms with Gasteiger partial charge in [-0.25, -0.2) is 0 Å². The molecule has 0 radical (unpaired) electrons. The monoisotopic (exact) mass is 481 g/mol. The molecule has 3 nitrogen and oxygen atoms in total. The van der Waals surface area contributed by atoms with Gasteiger partial charge in [0.2, 0.25) is 0 Å². The van der Waals surface area contributed by atoms with E-state index in [9.17, 15) is 0 Å². The zero-order valence-electron chi connectivity index (χ0n) is 22.9. The lowest BCUT2D eigenvalue weighted by atomic mass is 10.0. The van der Waals surface area contributed by atoms with Crippen LogP contribution in [0.15, 0.2) is 42.7 Å². The summed E-state index contributed by atoms with van der Waals surface area (Å²) in [7, 11) is 0. The Balaban J connectivity index is 1.74. The van der Waals surface area contributed by atoms with Gasteiger partial charge in [0.05, 0.1) is 19.4 Å². The van der Waals surface area contributed by atoms with Gasteiger partial charge in [-0.15, -0.1) is 0 Å². The summed E-state index contributed by atoms with van der Waals surface area (Å²) in [4.78, 5) is 4.32. The van der Waals surface area contributed by atoms with Crippen molar-refractivity contribution in [2.45, 2.75) is 117 Å². The van der Waals surface area contributed by atoms with E-state index in [-0.39, 0.29) is 0 Å². The molecule has 0 N–H and O–H groups in total. The molecule has 0 spiro atoms. The Kier molecular flexibility index (Phi) is 16.0. The Morgan fingerprint density at radius 2 is 1.23 bits per heavy atom. The van der Waals surface area contributed by atoms with Gasteiger partial charge in [-0.3, -0.25) is 4.98 Å². The predicted octanol–water partition coefficient (Wildman–Crippen LogP) is 10.0. The van der Waals surface area contributed by atoms with Crippen LogP contribution in [-0.4, -0.2) is 18.2 Å². The number of para-hydroxylation sites is 1. The highest BCUT2D eigenvalue weighted by Gasteiger charge is 2.12. The Morgan fingerprint density at radius 3 is 1.91 bits per heavy atom. The molecular weight excluding hydrogens is 430 g/mol. The molecule has 196 valence electrons. The lowest BCUT2D eigenvalue weighted by Crippen LogP contribution is -2.02. The first-order valence-corrected chi connectivity index (χ1v) is 14.5. The molecule has 0 amide bonds. The third kappa shape index (κ3) is 12.5. The topological polar surface area (TPSA) is 31.4 Å². The fraction of sp³-hybridized carbons (Fsp3) is 0.656. The van der Waals surface area contributed by atoms with E-state index in [2.05, 4.69) is 44.0 Å². The van der Waals surface area contributed by atoms with Crippen molar-refractivity contribution in [1.82, 2.24) is 4.98 Å². The fourth-order valence-electron chi connectivity index (χ4n) is 4.46. The zero-order valence-corrected chi connectivity index (χ0v) is 22.9. The second-order valence-electron chi connectivity index (χ2n) is 10.1. The molecule has 0 aliphatic carbocycles. The van der Waals surface area contributed by atoms with Crippen LogP contribution in [0.3, 0.4) is 0 Å². The molecule has 0 aliphatic rings. The van der Waals surface area contributed by atoms with Gasteiger partial charge in [0, 0.05) is 17.3 Å². The number of pyridine rings is 1. The number of nitrogens with zero attached hydrogens (tertiary/aromatic N) is 1. The normalized spacial score (nSPS) is 12.0. The predicted molar refractivity (Wildman–Crippen MR) is 150 cm³/mol. The van der Waals surface area contributed by atoms with Crippen LogP contribution in [0.25, 0.3) is 11.1 Å². The van der Waals surface area contributed by atoms with Gasteiger partial charge < -0.3 is 9.47 Å². The second-order valence-corrected chi connectivity index (χ2v) is 10.1. The van der Waals surface area contributed by atoms with Crippen molar-refractivity contribution in [1.29, 1.82) is 0 Å². The van der Waals surface area contributed by atoms with Crippen LogP contribution in [0.2, 0.25) is 0 Å². The Bertz CT molecular complexity index is 776. The van der Waals surface area contributed by atoms with E-state index in [1.54, 1.807) is 0 Å². The van der Waals surface area contributed by atoms with Gasteiger partial charge in [0.15, 0.2) is 0 Å². The molecule has 0 fully saturated rings. The highest BCUT2D eigenvalue weighted by atomic mass is 16.5. The maximum atomic E-state index is 6.22. The van der Waals surface area contributed by atoms with Crippen molar-refractivity contribution < 1.29 is 9.47 Å². The van der Waals surface area contributed by atoms with E-state index in [4.69, 9.17) is 9.47 Å². The molecule has 2 rings (SSSR count). The maximum absolute atomic E-state index is 6.22. The number of hydrogen-bond donors (Lipinski definition) is 0. The summed E-state index contributed by atoms with van der Waals surface area (Å²) >= 11 is 0. The molecule has 0 saturated heterocycles. The Labute approximate surface area is 216 Å². The van der Waals surface area contributed by atoms with Crippen molar-refractivity contribution in [3.63, 3.8) is 0 Å². The minimum Gasteiger partial charge on any atom is -0.493 e. The van der Waals surface area contributed by atoms with E-state index in [1.165, 1.54) is 83.5 Å². The number of unbranched alkanes of at least 4 members (excludes halogenated alkanes) is 11. The molecule has 3 heteroatoms. The standard InChI is InChI=1S/C32H51NO2/c1-4-6-7-8-9-10-11-12-13-18-26-35-32-27-33-24-23-30(32)29-21-16-17-22-31(29)34-25-19-14-15-20-28(3)5-2/h16-17,21-24,27-28H,4-15,18-20,25-26H2,1-3H3. The molecule has 1 heterocycles. The molecule has 1 aromatic heterocycles. The largest absolute Gasteiger partial charge is 0.493 e. The molecular formula is C32H51NO2. The van der Waals surface area contributed by atoms with E-state index >= 15 is 0 Å². The number of rotatable bonds is 21. The van der Waals surface area contributed by atoms with E-state index in [0.717, 1.165) is 54.6 Å². The highest BCUT2D eigenvalue weighted by molar-refractivity contribution is 5.75. The zero-order chi connectivity index (χ0) is 25.0. The van der Waals surface area contributed by atoms with Crippen LogP contribution in [0.5, 0.6) is 11.5 Å². The van der Waals surface area contributed by atoms with Gasteiger partial charge in [-0.2, -0.15) is 0 Å². The highest BCUT2D eigenvalue weighted by Crippen LogP contribution is 2.36. The number of ether oxygens (including phenoxy) is 2. The Hall–Kier alpha value is -2.03. The molecule has 1 unspecified atom stereocenters. The number of benzene rings is 1. The fourth-order valence-corrected chi connectivity index (χ4v) is 4.46. The molecule has 1 aromatic carbocycles. The summed E-state index contributed by atoms with van der Waals surface area (Å²) in [6.45, 7) is 8.41. The van der Waals surface area contributed by atoms with E-state index in [1.807, 2.05) is 24.5 Å². The molecule has 2 aromatic rings. The molecule has 0 bridgehead atoms. The van der Waals surface area contributed by atoms with Crippen LogP contribution in [-0.2, 0) is 0 Å². The van der Waals surface area contributed by atoms with Crippen molar-refractivity contribution in [3.05, 3.63) is 42.7 Å². The van der Waals surface area contributed by atoms with Gasteiger partial charge >= 0.3 is 0 Å². The van der Waals surface area contributed by atoms with Crippen LogP contribution in [0.4, 0.5) is 0 Å². The molecule has 35 heavy (non-hydrogen) atoms. The maximum Gasteiger partial charge on any atom is 0.145 e. The summed E-state index contributed by atoms with van der Waals surface area (Å²) in [6.07, 6.45) is 23.2. The molecule has 1 atom stereocenters. The first-order chi connectivity index (χ1) is 17.3. The van der Waals surface area contributed by atoms with E-state index < -0.39 is 0 Å². The Morgan fingerprint density at radius 1 is 0.657 bits per heavy atom. The van der Waals surface area contributed by atoms with Crippen LogP contribution in [0.1, 0.15) is 117 Å². The van der Waals surface area contributed by atoms with Crippen molar-refractivity contribution in [2.75, 3.05) is 13.2 Å². The third-order valence-electron chi connectivity index (χ3n) is 7.01. The second kappa shape index (κ2) is 19.2. The lowest BCUT2D eigenvalue weighted by Gasteiger charge is -2.15. The summed E-state index contributed by atoms with van der Waals surface area (Å²) < 4.78 is 12.4. The van der Waals surface area contributed by atoms with Gasteiger partial charge in [0.25, 0.3) is 0 Å². The summed E-state index contributed by atoms with van der Waals surface area (Å²) in [6, 6.07) is 10.4. The quantitative estimate of drug-likeness (QED) is 0.166. The SMILES string of the molecule is CCCCCCCCCCCCOc1cnccc1-c1ccccc1OCCCCCC(C)CC.